The number of nitrogens with one attached hydrogen (secondary N) is 1. The molecule has 0 fully saturated rings. The monoisotopic (exact) mass is 472 g/mol. The summed E-state index contributed by atoms with van der Waals surface area (Å²) in [6.45, 7) is 2.08. The van der Waals surface area contributed by atoms with Gasteiger partial charge in [0.15, 0.2) is 0 Å². The maximum Gasteiger partial charge on any atom is 0.342 e. The molecule has 2 aromatic carbocycles. The summed E-state index contributed by atoms with van der Waals surface area (Å²) in [6, 6.07) is 12.3. The first kappa shape index (κ1) is 21.1. The number of aromatic carboxylic acids is 2. The van der Waals surface area contributed by atoms with Gasteiger partial charge in [-0.05, 0) is 36.2 Å². The zero-order valence-corrected chi connectivity index (χ0v) is 17.3. The predicted octanol–water partition coefficient (Wildman–Crippen LogP) is 3.67. The molecule has 0 amide bonds. The van der Waals surface area contributed by atoms with Gasteiger partial charge in [0, 0.05) is 15.6 Å². The summed E-state index contributed by atoms with van der Waals surface area (Å²) in [5.41, 5.74) is 5.14. The number of carboxylic acids is 2. The summed E-state index contributed by atoms with van der Waals surface area (Å²) < 4.78 is 6.44. The molecule has 8 nitrogen and oxygen atoms in total. The second-order valence-electron chi connectivity index (χ2n) is 6.46. The fourth-order valence-corrected chi connectivity index (χ4v) is 3.43. The number of halogens is 1. The van der Waals surface area contributed by atoms with Gasteiger partial charge in [-0.3, -0.25) is 4.79 Å². The van der Waals surface area contributed by atoms with Gasteiger partial charge in [0.05, 0.1) is 0 Å². The number of H-pyrrole nitrogens is 1. The van der Waals surface area contributed by atoms with Crippen LogP contribution in [-0.2, 0) is 6.61 Å². The van der Waals surface area contributed by atoms with E-state index in [1.165, 1.54) is 6.07 Å². The van der Waals surface area contributed by atoms with E-state index >= 15 is 0 Å². The van der Waals surface area contributed by atoms with Crippen molar-refractivity contribution < 1.29 is 24.5 Å². The fourth-order valence-electron chi connectivity index (χ4n) is 3.07. The highest BCUT2D eigenvalue weighted by Gasteiger charge is 2.28. The molecule has 0 aliphatic heterocycles. The molecular formula is C21H17BrN2O6. The molecule has 30 heavy (non-hydrogen) atoms. The molecule has 1 heterocycles. The highest BCUT2D eigenvalue weighted by Crippen LogP contribution is 2.38. The topological polar surface area (TPSA) is 143 Å². The molecule has 0 saturated carbocycles. The summed E-state index contributed by atoms with van der Waals surface area (Å²) in [4.78, 5) is 38.1. The number of aromatic amines is 1. The number of aryl methyl sites for hydroxylation is 1. The number of carbonyl (C=O) groups is 2. The Morgan fingerprint density at radius 3 is 2.40 bits per heavy atom. The van der Waals surface area contributed by atoms with E-state index in [-0.39, 0.29) is 23.5 Å². The van der Waals surface area contributed by atoms with Crippen LogP contribution in [-0.4, -0.2) is 27.1 Å². The summed E-state index contributed by atoms with van der Waals surface area (Å²) in [5, 5.41) is 19.3. The Hall–Kier alpha value is -3.59. The molecule has 154 valence electrons. The molecule has 0 saturated heterocycles. The molecule has 1 aromatic heterocycles. The molecule has 0 aliphatic rings. The Balaban J connectivity index is 2.25. The van der Waals surface area contributed by atoms with Crippen LogP contribution >= 0.6 is 15.9 Å². The highest BCUT2D eigenvalue weighted by atomic mass is 79.9. The summed E-state index contributed by atoms with van der Waals surface area (Å²) in [7, 11) is 0. The first-order valence-electron chi connectivity index (χ1n) is 8.70. The summed E-state index contributed by atoms with van der Waals surface area (Å²) >= 11 is 3.29. The molecule has 0 unspecified atom stereocenters. The predicted molar refractivity (Wildman–Crippen MR) is 114 cm³/mol. The number of hydrogen-bond donors (Lipinski definition) is 4. The molecule has 9 heteroatoms. The third-order valence-electron chi connectivity index (χ3n) is 4.53. The van der Waals surface area contributed by atoms with Gasteiger partial charge in [0.25, 0.3) is 5.56 Å². The smallest absolute Gasteiger partial charge is 0.342 e. The van der Waals surface area contributed by atoms with Crippen molar-refractivity contribution in [2.75, 3.05) is 5.73 Å². The van der Waals surface area contributed by atoms with E-state index in [9.17, 15) is 24.6 Å². The van der Waals surface area contributed by atoms with Crippen molar-refractivity contribution in [3.05, 3.63) is 79.5 Å². The van der Waals surface area contributed by atoms with Crippen molar-refractivity contribution in [1.82, 2.24) is 4.98 Å². The lowest BCUT2D eigenvalue weighted by atomic mass is 9.94. The second-order valence-corrected chi connectivity index (χ2v) is 7.37. The standard InChI is InChI=1S/C21H17BrN2O6/c1-10-4-2-3-5-11(10)9-30-14-7-6-12(22)8-13(14)15-16(20(26)27)18(23)24-19(25)17(15)21(28)29/h2-8H,9H2,1H3,(H,26,27)(H,28,29)(H3,23,24,25). The Labute approximate surface area is 179 Å². The van der Waals surface area contributed by atoms with Gasteiger partial charge in [-0.15, -0.1) is 0 Å². The average Bonchev–Trinajstić information content (AvgIpc) is 2.66. The Bertz CT molecular complexity index is 1220. The van der Waals surface area contributed by atoms with Crippen LogP contribution in [0.15, 0.2) is 51.7 Å². The zero-order chi connectivity index (χ0) is 22.0. The van der Waals surface area contributed by atoms with Crippen LogP contribution in [0.5, 0.6) is 5.75 Å². The highest BCUT2D eigenvalue weighted by molar-refractivity contribution is 9.10. The van der Waals surface area contributed by atoms with Crippen LogP contribution in [0.25, 0.3) is 11.1 Å². The van der Waals surface area contributed by atoms with E-state index in [1.807, 2.05) is 31.2 Å². The maximum atomic E-state index is 12.3. The molecule has 0 spiro atoms. The van der Waals surface area contributed by atoms with Crippen molar-refractivity contribution in [3.63, 3.8) is 0 Å². The number of rotatable bonds is 6. The molecule has 0 aliphatic carbocycles. The number of carboxylic acid groups (broad SMARTS) is 2. The lowest BCUT2D eigenvalue weighted by Gasteiger charge is -2.17. The van der Waals surface area contributed by atoms with E-state index in [1.54, 1.807) is 12.1 Å². The van der Waals surface area contributed by atoms with Crippen molar-refractivity contribution in [1.29, 1.82) is 0 Å². The number of anilines is 1. The van der Waals surface area contributed by atoms with E-state index < -0.39 is 34.4 Å². The number of ether oxygens (including phenoxy) is 1. The molecule has 0 radical (unpaired) electrons. The quantitative estimate of drug-likeness (QED) is 0.428. The van der Waals surface area contributed by atoms with Crippen molar-refractivity contribution in [2.24, 2.45) is 0 Å². The number of hydrogen-bond acceptors (Lipinski definition) is 5. The summed E-state index contributed by atoms with van der Waals surface area (Å²) in [5.74, 6) is -3.31. The normalized spacial score (nSPS) is 10.6. The van der Waals surface area contributed by atoms with Crippen molar-refractivity contribution >= 4 is 33.7 Å². The van der Waals surface area contributed by atoms with Crippen molar-refractivity contribution in [2.45, 2.75) is 13.5 Å². The Morgan fingerprint density at radius 2 is 1.77 bits per heavy atom. The lowest BCUT2D eigenvalue weighted by Crippen LogP contribution is -2.24. The maximum absolute atomic E-state index is 12.3. The number of benzene rings is 2. The molecule has 3 aromatic rings. The van der Waals surface area contributed by atoms with Gasteiger partial charge in [-0.25, -0.2) is 9.59 Å². The van der Waals surface area contributed by atoms with E-state index in [4.69, 9.17) is 10.5 Å². The van der Waals surface area contributed by atoms with Crippen LogP contribution < -0.4 is 16.0 Å². The van der Waals surface area contributed by atoms with E-state index in [2.05, 4.69) is 20.9 Å². The SMILES string of the molecule is Cc1ccccc1COc1ccc(Br)cc1-c1c(C(=O)O)c(N)[nH]c(=O)c1C(=O)O. The third kappa shape index (κ3) is 4.06. The minimum atomic E-state index is -1.58. The minimum absolute atomic E-state index is 0.116. The molecule has 5 N–H and O–H groups in total. The number of aromatic nitrogens is 1. The Kier molecular flexibility index (Phi) is 5.93. The number of nitrogens with two attached hydrogens (primary N) is 1. The fraction of sp³-hybridized carbons (Fsp3) is 0.0952. The molecular weight excluding hydrogens is 456 g/mol. The van der Waals surface area contributed by atoms with Gasteiger partial charge in [-0.2, -0.15) is 0 Å². The van der Waals surface area contributed by atoms with Crippen LogP contribution in [0.2, 0.25) is 0 Å². The third-order valence-corrected chi connectivity index (χ3v) is 5.02. The van der Waals surface area contributed by atoms with Crippen LogP contribution in [0.4, 0.5) is 5.82 Å². The van der Waals surface area contributed by atoms with Crippen LogP contribution in [0.3, 0.4) is 0 Å². The van der Waals surface area contributed by atoms with Crippen molar-refractivity contribution in [3.8, 4) is 16.9 Å². The average molecular weight is 473 g/mol. The van der Waals surface area contributed by atoms with Gasteiger partial charge >= 0.3 is 11.9 Å². The van der Waals surface area contributed by atoms with E-state index in [0.29, 0.717) is 4.47 Å². The zero-order valence-electron chi connectivity index (χ0n) is 15.7. The summed E-state index contributed by atoms with van der Waals surface area (Å²) in [6.07, 6.45) is 0. The largest absolute Gasteiger partial charge is 0.488 e. The lowest BCUT2D eigenvalue weighted by molar-refractivity contribution is 0.0695. The van der Waals surface area contributed by atoms with Gasteiger partial charge < -0.3 is 25.7 Å². The number of pyridine rings is 1. The first-order valence-corrected chi connectivity index (χ1v) is 9.49. The molecule has 0 atom stereocenters. The van der Waals surface area contributed by atoms with Crippen LogP contribution in [0, 0.1) is 6.92 Å². The van der Waals surface area contributed by atoms with E-state index in [0.717, 1.165) is 11.1 Å². The van der Waals surface area contributed by atoms with Crippen LogP contribution in [0.1, 0.15) is 31.8 Å². The minimum Gasteiger partial charge on any atom is -0.488 e. The Morgan fingerprint density at radius 1 is 1.10 bits per heavy atom. The van der Waals surface area contributed by atoms with Gasteiger partial charge in [0.1, 0.15) is 29.3 Å². The van der Waals surface area contributed by atoms with Gasteiger partial charge in [0.2, 0.25) is 0 Å². The molecule has 3 rings (SSSR count). The van der Waals surface area contributed by atoms with Gasteiger partial charge in [-0.1, -0.05) is 40.2 Å². The molecule has 0 bridgehead atoms. The second kappa shape index (κ2) is 8.42. The first-order chi connectivity index (χ1) is 14.2. The number of nitrogen functional groups attached to an aromatic ring is 1.